The smallest absolute Gasteiger partial charge is 0.267 e. The van der Waals surface area contributed by atoms with Crippen LogP contribution in [0.3, 0.4) is 0 Å². The highest BCUT2D eigenvalue weighted by Crippen LogP contribution is 2.26. The number of carbonyl (C=O) groups is 1. The number of nitrogens with one attached hydrogen (secondary N) is 1. The average molecular weight is 432 g/mol. The molecule has 0 unspecified atom stereocenters. The van der Waals surface area contributed by atoms with Crippen LogP contribution in [-0.2, 0) is 23.5 Å². The van der Waals surface area contributed by atoms with Crippen LogP contribution in [0.4, 0.5) is 0 Å². The van der Waals surface area contributed by atoms with Crippen LogP contribution < -0.4 is 5.32 Å². The van der Waals surface area contributed by atoms with Crippen LogP contribution in [0, 0.1) is 0 Å². The largest absolute Gasteiger partial charge is 0.350 e. The molecule has 3 heterocycles. The second kappa shape index (κ2) is 8.30. The van der Waals surface area contributed by atoms with Crippen LogP contribution in [-0.4, -0.2) is 42.8 Å². The van der Waals surface area contributed by atoms with E-state index in [2.05, 4.69) is 11.4 Å². The summed E-state index contributed by atoms with van der Waals surface area (Å²) in [5, 5.41) is 5.74. The molecule has 1 aliphatic rings. The van der Waals surface area contributed by atoms with Gasteiger partial charge in [-0.3, -0.25) is 4.79 Å². The van der Waals surface area contributed by atoms with Gasteiger partial charge in [0.05, 0.1) is 4.90 Å². The van der Waals surface area contributed by atoms with Gasteiger partial charge in [0.25, 0.3) is 5.91 Å². The van der Waals surface area contributed by atoms with Gasteiger partial charge in [0, 0.05) is 42.5 Å². The van der Waals surface area contributed by atoms with Crippen molar-refractivity contribution in [3.63, 3.8) is 0 Å². The predicted molar refractivity (Wildman–Crippen MR) is 116 cm³/mol. The van der Waals surface area contributed by atoms with Crippen molar-refractivity contribution in [1.82, 2.24) is 14.2 Å². The van der Waals surface area contributed by atoms with Crippen molar-refractivity contribution in [1.29, 1.82) is 0 Å². The molecule has 0 bridgehead atoms. The molecule has 1 aliphatic heterocycles. The lowest BCUT2D eigenvalue weighted by Gasteiger charge is -2.25. The topological polar surface area (TPSA) is 71.4 Å². The fourth-order valence-electron chi connectivity index (χ4n) is 3.80. The summed E-state index contributed by atoms with van der Waals surface area (Å²) in [6.07, 6.45) is 3.69. The van der Waals surface area contributed by atoms with Gasteiger partial charge in [-0.25, -0.2) is 8.42 Å². The number of amides is 1. The lowest BCUT2D eigenvalue weighted by Crippen LogP contribution is -2.35. The van der Waals surface area contributed by atoms with Crippen molar-refractivity contribution in [2.75, 3.05) is 19.6 Å². The van der Waals surface area contributed by atoms with E-state index < -0.39 is 10.0 Å². The highest BCUT2D eigenvalue weighted by atomic mass is 32.2. The van der Waals surface area contributed by atoms with E-state index in [9.17, 15) is 13.2 Å². The number of benzene rings is 1. The van der Waals surface area contributed by atoms with Gasteiger partial charge >= 0.3 is 0 Å². The monoisotopic (exact) mass is 431 g/mol. The van der Waals surface area contributed by atoms with Gasteiger partial charge in [-0.2, -0.15) is 4.31 Å². The summed E-state index contributed by atoms with van der Waals surface area (Å²) in [4.78, 5) is 14.2. The summed E-state index contributed by atoms with van der Waals surface area (Å²) in [6.45, 7) is 1.72. The molecule has 0 saturated carbocycles. The molecule has 1 saturated heterocycles. The third-order valence-electron chi connectivity index (χ3n) is 5.44. The van der Waals surface area contributed by atoms with Gasteiger partial charge in [-0.15, -0.1) is 11.3 Å². The number of carbonyl (C=O) groups excluding carboxylic acids is 1. The van der Waals surface area contributed by atoms with Crippen LogP contribution in [0.2, 0.25) is 0 Å². The summed E-state index contributed by atoms with van der Waals surface area (Å²) >= 11 is 1.68. The van der Waals surface area contributed by atoms with Crippen LogP contribution >= 0.6 is 11.3 Å². The number of piperidine rings is 1. The van der Waals surface area contributed by atoms with Gasteiger partial charge in [0.1, 0.15) is 5.69 Å². The van der Waals surface area contributed by atoms with E-state index in [1.807, 2.05) is 23.1 Å². The van der Waals surface area contributed by atoms with E-state index in [-0.39, 0.29) is 5.91 Å². The van der Waals surface area contributed by atoms with Crippen molar-refractivity contribution in [2.45, 2.75) is 30.6 Å². The quantitative estimate of drug-likeness (QED) is 0.650. The van der Waals surface area contributed by atoms with Gasteiger partial charge in [0.15, 0.2) is 0 Å². The Morgan fingerprint density at radius 1 is 1.14 bits per heavy atom. The van der Waals surface area contributed by atoms with Crippen LogP contribution in [0.25, 0.3) is 10.9 Å². The van der Waals surface area contributed by atoms with Gasteiger partial charge in [0.2, 0.25) is 10.0 Å². The number of aromatic nitrogens is 1. The summed E-state index contributed by atoms with van der Waals surface area (Å²) < 4.78 is 29.3. The Labute approximate surface area is 175 Å². The number of fused-ring (bicyclic) bond motifs is 1. The Bertz CT molecular complexity index is 1110. The highest BCUT2D eigenvalue weighted by Gasteiger charge is 2.26. The molecule has 0 spiro atoms. The first-order chi connectivity index (χ1) is 14.0. The van der Waals surface area contributed by atoms with E-state index in [0.717, 1.165) is 36.6 Å². The van der Waals surface area contributed by atoms with E-state index in [0.29, 0.717) is 30.2 Å². The zero-order valence-electron chi connectivity index (χ0n) is 16.4. The third-order valence-corrected chi connectivity index (χ3v) is 8.27. The molecule has 0 atom stereocenters. The fraction of sp³-hybridized carbons (Fsp3) is 0.381. The Hall–Kier alpha value is -2.16. The maximum absolute atomic E-state index is 13.0. The van der Waals surface area contributed by atoms with Gasteiger partial charge < -0.3 is 9.88 Å². The molecule has 4 rings (SSSR count). The first-order valence-electron chi connectivity index (χ1n) is 9.87. The van der Waals surface area contributed by atoms with Gasteiger partial charge in [-0.1, -0.05) is 12.5 Å². The molecule has 1 fully saturated rings. The van der Waals surface area contributed by atoms with Crippen LogP contribution in [0.1, 0.15) is 34.6 Å². The van der Waals surface area contributed by atoms with E-state index in [1.54, 1.807) is 39.9 Å². The fourth-order valence-corrected chi connectivity index (χ4v) is 6.07. The number of sulfonamides is 1. The average Bonchev–Trinajstić information content (AvgIpc) is 3.36. The Morgan fingerprint density at radius 3 is 2.66 bits per heavy atom. The predicted octanol–water partition coefficient (Wildman–Crippen LogP) is 3.39. The summed E-state index contributed by atoms with van der Waals surface area (Å²) in [7, 11) is -1.66. The SMILES string of the molecule is Cn1c(C(=O)NCCc2cccs2)cc2cc(S(=O)(=O)N3CCCCC3)ccc21. The second-order valence-electron chi connectivity index (χ2n) is 7.36. The number of thiophene rings is 1. The maximum Gasteiger partial charge on any atom is 0.267 e. The van der Waals surface area contributed by atoms with E-state index >= 15 is 0 Å². The normalized spacial score (nSPS) is 15.6. The number of hydrogen-bond acceptors (Lipinski definition) is 4. The molecule has 0 radical (unpaired) electrons. The molecule has 2 aromatic heterocycles. The minimum atomic E-state index is -3.49. The summed E-state index contributed by atoms with van der Waals surface area (Å²) in [5.74, 6) is -0.152. The lowest BCUT2D eigenvalue weighted by atomic mass is 10.2. The Kier molecular flexibility index (Phi) is 5.76. The Balaban J connectivity index is 1.54. The first-order valence-corrected chi connectivity index (χ1v) is 12.2. The number of rotatable bonds is 6. The zero-order valence-corrected chi connectivity index (χ0v) is 18.1. The standard InChI is InChI=1S/C21H25N3O3S2/c1-23-19-8-7-18(29(26,27)24-11-3-2-4-12-24)14-16(19)15-20(23)21(25)22-10-9-17-6-5-13-28-17/h5-8,13-15H,2-4,9-12H2,1H3,(H,22,25). The van der Waals surface area contributed by atoms with Crippen LogP contribution in [0.5, 0.6) is 0 Å². The molecule has 3 aromatic rings. The first kappa shape index (κ1) is 20.1. The second-order valence-corrected chi connectivity index (χ2v) is 10.3. The molecule has 1 amide bonds. The summed E-state index contributed by atoms with van der Waals surface area (Å²) in [5.41, 5.74) is 1.37. The Morgan fingerprint density at radius 2 is 1.93 bits per heavy atom. The third kappa shape index (κ3) is 4.10. The highest BCUT2D eigenvalue weighted by molar-refractivity contribution is 7.89. The molecule has 0 aliphatic carbocycles. The van der Waals surface area contributed by atoms with Crippen molar-refractivity contribution in [2.24, 2.45) is 7.05 Å². The molecule has 29 heavy (non-hydrogen) atoms. The molecule has 154 valence electrons. The van der Waals surface area contributed by atoms with Gasteiger partial charge in [-0.05, 0) is 55.0 Å². The van der Waals surface area contributed by atoms with E-state index in [4.69, 9.17) is 0 Å². The van der Waals surface area contributed by atoms with Crippen LogP contribution in [0.15, 0.2) is 46.7 Å². The molecular formula is C21H25N3O3S2. The molecule has 8 heteroatoms. The van der Waals surface area contributed by atoms with E-state index in [1.165, 1.54) is 4.88 Å². The molecule has 1 aromatic carbocycles. The zero-order chi connectivity index (χ0) is 20.4. The number of aryl methyl sites for hydroxylation is 1. The van der Waals surface area contributed by atoms with Crippen molar-refractivity contribution in [3.05, 3.63) is 52.3 Å². The molecular weight excluding hydrogens is 406 g/mol. The number of nitrogens with zero attached hydrogens (tertiary/aromatic N) is 2. The lowest BCUT2D eigenvalue weighted by molar-refractivity contribution is 0.0946. The van der Waals surface area contributed by atoms with Crippen molar-refractivity contribution < 1.29 is 13.2 Å². The minimum Gasteiger partial charge on any atom is -0.350 e. The molecule has 6 nitrogen and oxygen atoms in total. The minimum absolute atomic E-state index is 0.152. The number of hydrogen-bond donors (Lipinski definition) is 1. The summed E-state index contributed by atoms with van der Waals surface area (Å²) in [6, 6.07) is 10.9. The van der Waals surface area contributed by atoms with Crippen molar-refractivity contribution in [3.8, 4) is 0 Å². The van der Waals surface area contributed by atoms with Crippen molar-refractivity contribution >= 4 is 38.2 Å². The maximum atomic E-state index is 13.0. The molecule has 1 N–H and O–H groups in total.